The Hall–Kier alpha value is -1.03. The average molecular weight is 258 g/mol. The third-order valence-corrected chi connectivity index (χ3v) is 3.59. The largest absolute Gasteiger partial charge is 0.416 e. The van der Waals surface area contributed by atoms with Crippen molar-refractivity contribution in [1.82, 2.24) is 0 Å². The van der Waals surface area contributed by atoms with Gasteiger partial charge < -0.3 is 0 Å². The van der Waals surface area contributed by atoms with Crippen LogP contribution in [0.15, 0.2) is 30.0 Å². The van der Waals surface area contributed by atoms with Crippen LogP contribution in [0.1, 0.15) is 18.1 Å². The van der Waals surface area contributed by atoms with Crippen LogP contribution in [0.3, 0.4) is 0 Å². The van der Waals surface area contributed by atoms with Gasteiger partial charge >= 0.3 is 6.18 Å². The van der Waals surface area contributed by atoms with Crippen LogP contribution < -0.4 is 0 Å². The van der Waals surface area contributed by atoms with Gasteiger partial charge in [0.15, 0.2) is 0 Å². The second-order valence-corrected chi connectivity index (χ2v) is 10.3. The van der Waals surface area contributed by atoms with E-state index in [0.29, 0.717) is 5.56 Å². The Morgan fingerprint density at radius 1 is 1.18 bits per heavy atom. The molecule has 0 heterocycles. The van der Waals surface area contributed by atoms with Crippen molar-refractivity contribution in [2.75, 3.05) is 0 Å². The van der Waals surface area contributed by atoms with E-state index in [2.05, 4.69) is 25.3 Å². The van der Waals surface area contributed by atoms with Gasteiger partial charge in [-0.25, -0.2) is 0 Å². The number of hydrogen-bond donors (Lipinski definition) is 0. The van der Waals surface area contributed by atoms with Gasteiger partial charge in [-0.3, -0.25) is 0 Å². The van der Waals surface area contributed by atoms with Crippen molar-refractivity contribution in [3.8, 4) is 0 Å². The number of allylic oxidation sites excluding steroid dienone is 1. The van der Waals surface area contributed by atoms with Gasteiger partial charge in [-0.05, 0) is 24.6 Å². The van der Waals surface area contributed by atoms with Crippen molar-refractivity contribution >= 4 is 13.6 Å². The third-order valence-electron chi connectivity index (χ3n) is 2.29. The molecule has 0 aliphatic carbocycles. The molecule has 0 spiro atoms. The summed E-state index contributed by atoms with van der Waals surface area (Å²) in [7, 11) is -1.41. The van der Waals surface area contributed by atoms with Crippen LogP contribution in [-0.4, -0.2) is 8.07 Å². The lowest BCUT2D eigenvalue weighted by atomic mass is 10.1. The first-order valence-electron chi connectivity index (χ1n) is 5.47. The van der Waals surface area contributed by atoms with Crippen LogP contribution in [0, 0.1) is 0 Å². The van der Waals surface area contributed by atoms with Gasteiger partial charge in [0.2, 0.25) is 0 Å². The van der Waals surface area contributed by atoms with Crippen LogP contribution in [0.5, 0.6) is 0 Å². The molecule has 4 heteroatoms. The van der Waals surface area contributed by atoms with Gasteiger partial charge in [0.25, 0.3) is 0 Å². The molecule has 0 aliphatic rings. The fourth-order valence-corrected chi connectivity index (χ4v) is 3.14. The highest BCUT2D eigenvalue weighted by molar-refractivity contribution is 6.81. The van der Waals surface area contributed by atoms with E-state index in [4.69, 9.17) is 0 Å². The standard InChI is InChI=1S/C13H17F3Si/c1-10(9-17(2,3)4)11-6-5-7-12(8-11)13(14,15)16/h5-9H,1-4H3/b10-9+. The highest BCUT2D eigenvalue weighted by Crippen LogP contribution is 2.31. The summed E-state index contributed by atoms with van der Waals surface area (Å²) in [5.74, 6) is 0. The minimum atomic E-state index is -4.27. The molecule has 1 aromatic rings. The van der Waals surface area contributed by atoms with E-state index in [0.717, 1.165) is 11.6 Å². The Balaban J connectivity index is 3.13. The summed E-state index contributed by atoms with van der Waals surface area (Å²) in [6.07, 6.45) is -4.27. The number of hydrogen-bond acceptors (Lipinski definition) is 0. The van der Waals surface area contributed by atoms with Crippen LogP contribution in [0.2, 0.25) is 19.6 Å². The maximum atomic E-state index is 12.6. The molecule has 0 nitrogen and oxygen atoms in total. The third kappa shape index (κ3) is 4.38. The molecule has 1 aromatic carbocycles. The quantitative estimate of drug-likeness (QED) is 0.656. The molecule has 0 saturated heterocycles. The zero-order valence-electron chi connectivity index (χ0n) is 10.5. The van der Waals surface area contributed by atoms with Gasteiger partial charge in [-0.15, -0.1) is 0 Å². The molecule has 0 saturated carbocycles. The molecule has 1 rings (SSSR count). The Labute approximate surface area is 101 Å². The molecule has 0 unspecified atom stereocenters. The van der Waals surface area contributed by atoms with Crippen molar-refractivity contribution in [3.63, 3.8) is 0 Å². The fourth-order valence-electron chi connectivity index (χ4n) is 1.67. The lowest BCUT2D eigenvalue weighted by molar-refractivity contribution is -0.137. The number of alkyl halides is 3. The lowest BCUT2D eigenvalue weighted by Crippen LogP contribution is -2.16. The van der Waals surface area contributed by atoms with Crippen LogP contribution >= 0.6 is 0 Å². The Bertz CT molecular complexity index is 425. The Morgan fingerprint density at radius 2 is 1.76 bits per heavy atom. The smallest absolute Gasteiger partial charge is 0.166 e. The molecular weight excluding hydrogens is 241 g/mol. The normalized spacial score (nSPS) is 13.9. The van der Waals surface area contributed by atoms with Crippen molar-refractivity contribution < 1.29 is 13.2 Å². The first kappa shape index (κ1) is 14.0. The molecule has 0 amide bonds. The minimum absolute atomic E-state index is 0.585. The van der Waals surface area contributed by atoms with E-state index in [1.165, 1.54) is 12.1 Å². The van der Waals surface area contributed by atoms with Gasteiger partial charge in [-0.2, -0.15) is 13.2 Å². The van der Waals surface area contributed by atoms with E-state index in [1.807, 2.05) is 6.92 Å². The van der Waals surface area contributed by atoms with Crippen LogP contribution in [0.4, 0.5) is 13.2 Å². The van der Waals surface area contributed by atoms with Crippen molar-refractivity contribution in [2.24, 2.45) is 0 Å². The van der Waals surface area contributed by atoms with E-state index in [9.17, 15) is 13.2 Å². The summed E-state index contributed by atoms with van der Waals surface area (Å²) in [4.78, 5) is 0. The first-order valence-corrected chi connectivity index (χ1v) is 9.04. The summed E-state index contributed by atoms with van der Waals surface area (Å²) in [6, 6.07) is 5.50. The Morgan fingerprint density at radius 3 is 2.24 bits per heavy atom. The van der Waals surface area contributed by atoms with Crippen LogP contribution in [0.25, 0.3) is 5.57 Å². The summed E-state index contributed by atoms with van der Waals surface area (Å²) in [5.41, 5.74) is 3.11. The fraction of sp³-hybridized carbons (Fsp3) is 0.385. The zero-order chi connectivity index (χ0) is 13.3. The SMILES string of the molecule is C/C(=C\[Si](C)(C)C)c1cccc(C(F)(F)F)c1. The maximum absolute atomic E-state index is 12.6. The van der Waals surface area contributed by atoms with Crippen molar-refractivity contribution in [2.45, 2.75) is 32.7 Å². The van der Waals surface area contributed by atoms with Gasteiger partial charge in [-0.1, -0.05) is 43.0 Å². The first-order chi connectivity index (χ1) is 7.59. The monoisotopic (exact) mass is 258 g/mol. The summed E-state index contributed by atoms with van der Waals surface area (Å²) >= 11 is 0. The zero-order valence-corrected chi connectivity index (χ0v) is 11.5. The number of rotatable bonds is 2. The topological polar surface area (TPSA) is 0 Å². The number of halogens is 3. The van der Waals surface area contributed by atoms with Gasteiger partial charge in [0.05, 0.1) is 13.6 Å². The molecule has 0 atom stereocenters. The minimum Gasteiger partial charge on any atom is -0.166 e. The molecule has 17 heavy (non-hydrogen) atoms. The van der Waals surface area contributed by atoms with E-state index < -0.39 is 19.8 Å². The molecule has 0 bridgehead atoms. The predicted molar refractivity (Wildman–Crippen MR) is 68.4 cm³/mol. The highest BCUT2D eigenvalue weighted by atomic mass is 28.3. The second kappa shape index (κ2) is 4.68. The second-order valence-electron chi connectivity index (χ2n) is 5.27. The lowest BCUT2D eigenvalue weighted by Gasteiger charge is -2.13. The van der Waals surface area contributed by atoms with Crippen molar-refractivity contribution in [1.29, 1.82) is 0 Å². The average Bonchev–Trinajstić information content (AvgIpc) is 2.14. The molecule has 0 N–H and O–H groups in total. The van der Waals surface area contributed by atoms with Gasteiger partial charge in [0.1, 0.15) is 0 Å². The summed E-state index contributed by atoms with van der Waals surface area (Å²) in [6.45, 7) is 8.34. The molecular formula is C13H17F3Si. The van der Waals surface area contributed by atoms with Crippen LogP contribution in [-0.2, 0) is 6.18 Å². The molecule has 94 valence electrons. The van der Waals surface area contributed by atoms with E-state index in [1.54, 1.807) is 6.07 Å². The van der Waals surface area contributed by atoms with Crippen molar-refractivity contribution in [3.05, 3.63) is 41.1 Å². The van der Waals surface area contributed by atoms with Gasteiger partial charge in [0, 0.05) is 0 Å². The predicted octanol–water partition coefficient (Wildman–Crippen LogP) is 4.99. The highest BCUT2D eigenvalue weighted by Gasteiger charge is 2.30. The molecule has 0 aromatic heterocycles. The molecule has 0 aliphatic heterocycles. The van der Waals surface area contributed by atoms with E-state index >= 15 is 0 Å². The maximum Gasteiger partial charge on any atom is 0.416 e. The molecule has 0 fully saturated rings. The summed E-state index contributed by atoms with van der Waals surface area (Å²) in [5, 5.41) is 0. The van der Waals surface area contributed by atoms with E-state index in [-0.39, 0.29) is 0 Å². The summed E-state index contributed by atoms with van der Waals surface area (Å²) < 4.78 is 37.7. The molecule has 0 radical (unpaired) electrons. The number of benzene rings is 1. The Kier molecular flexibility index (Phi) is 3.87.